The maximum Gasteiger partial charge on any atom is 0.169 e. The van der Waals surface area contributed by atoms with Gasteiger partial charge in [-0.3, -0.25) is 0 Å². The van der Waals surface area contributed by atoms with Crippen molar-refractivity contribution in [3.05, 3.63) is 53.2 Å². The van der Waals surface area contributed by atoms with Gasteiger partial charge >= 0.3 is 0 Å². The molecule has 0 spiro atoms. The Morgan fingerprint density at radius 1 is 0.680 bits per heavy atom. The number of thiophene rings is 2. The summed E-state index contributed by atoms with van der Waals surface area (Å²) in [5, 5.41) is 0. The van der Waals surface area contributed by atoms with E-state index in [1.54, 1.807) is 11.3 Å². The summed E-state index contributed by atoms with van der Waals surface area (Å²) < 4.78 is 14.0. The summed E-state index contributed by atoms with van der Waals surface area (Å²) in [4.78, 5) is 3.40. The summed E-state index contributed by atoms with van der Waals surface area (Å²) in [6, 6.07) is 16.6. The summed E-state index contributed by atoms with van der Waals surface area (Å²) in [7, 11) is -1.27. The predicted octanol–water partition coefficient (Wildman–Crippen LogP) is 7.30. The summed E-state index contributed by atoms with van der Waals surface area (Å²) in [5.41, 5.74) is 0. The van der Waals surface area contributed by atoms with Gasteiger partial charge in [-0.15, -0.1) is 22.7 Å². The SMILES string of the molecule is C[Si](C)(C)c1ccc(-c2ccc(-c3ccc(-c4ccc(Br)o4)s3)o2)s1. The van der Waals surface area contributed by atoms with Crippen LogP contribution in [0.2, 0.25) is 19.6 Å². The Hall–Kier alpha value is -1.34. The van der Waals surface area contributed by atoms with E-state index in [1.165, 1.54) is 9.38 Å². The van der Waals surface area contributed by atoms with E-state index in [4.69, 9.17) is 8.83 Å². The van der Waals surface area contributed by atoms with E-state index in [2.05, 4.69) is 72.0 Å². The molecule has 0 unspecified atom stereocenters. The van der Waals surface area contributed by atoms with Gasteiger partial charge < -0.3 is 8.83 Å². The van der Waals surface area contributed by atoms with Gasteiger partial charge in [0.25, 0.3) is 0 Å². The first-order valence-electron chi connectivity index (χ1n) is 7.96. The molecule has 4 rings (SSSR count). The standard InChI is InChI=1S/C19H17BrO2S2Si/c1-25(2,3)19-11-9-17(24-19)13-5-4-12(21-13)15-7-8-16(23-15)14-6-10-18(20)22-14/h4-11H,1-3H3. The quantitative estimate of drug-likeness (QED) is 0.306. The third-order valence-electron chi connectivity index (χ3n) is 3.86. The Labute approximate surface area is 164 Å². The summed E-state index contributed by atoms with van der Waals surface area (Å²) in [6.07, 6.45) is 0. The molecule has 0 aliphatic carbocycles. The van der Waals surface area contributed by atoms with E-state index in [0.29, 0.717) is 0 Å². The van der Waals surface area contributed by atoms with Crippen LogP contribution in [0.5, 0.6) is 0 Å². The zero-order valence-electron chi connectivity index (χ0n) is 14.1. The van der Waals surface area contributed by atoms with E-state index in [-0.39, 0.29) is 0 Å². The monoisotopic (exact) mass is 448 g/mol. The van der Waals surface area contributed by atoms with Crippen molar-refractivity contribution >= 4 is 51.2 Å². The fraction of sp³-hybridized carbons (Fsp3) is 0.158. The molecule has 4 aromatic heterocycles. The van der Waals surface area contributed by atoms with Gasteiger partial charge in [0.1, 0.15) is 17.3 Å². The van der Waals surface area contributed by atoms with Crippen LogP contribution in [0.3, 0.4) is 0 Å². The van der Waals surface area contributed by atoms with Gasteiger partial charge in [0, 0.05) is 0 Å². The molecule has 0 N–H and O–H groups in total. The zero-order chi connectivity index (χ0) is 17.6. The highest BCUT2D eigenvalue weighted by atomic mass is 79.9. The van der Waals surface area contributed by atoms with Crippen molar-refractivity contribution in [1.29, 1.82) is 0 Å². The van der Waals surface area contributed by atoms with Crippen LogP contribution in [0.4, 0.5) is 0 Å². The first kappa shape index (κ1) is 17.1. The third kappa shape index (κ3) is 3.49. The first-order valence-corrected chi connectivity index (χ1v) is 13.9. The Bertz CT molecular complexity index is 1020. The Balaban J connectivity index is 1.61. The smallest absolute Gasteiger partial charge is 0.169 e. The van der Waals surface area contributed by atoms with Crippen LogP contribution in [0, 0.1) is 0 Å². The zero-order valence-corrected chi connectivity index (χ0v) is 18.3. The maximum atomic E-state index is 6.13. The molecule has 25 heavy (non-hydrogen) atoms. The number of rotatable bonds is 4. The van der Waals surface area contributed by atoms with Gasteiger partial charge in [0.15, 0.2) is 4.67 Å². The fourth-order valence-electron chi connectivity index (χ4n) is 2.53. The molecule has 0 saturated heterocycles. The molecule has 0 fully saturated rings. The van der Waals surface area contributed by atoms with Gasteiger partial charge in [-0.25, -0.2) is 0 Å². The lowest BCUT2D eigenvalue weighted by Gasteiger charge is -2.12. The Morgan fingerprint density at radius 2 is 1.20 bits per heavy atom. The largest absolute Gasteiger partial charge is 0.454 e. The summed E-state index contributed by atoms with van der Waals surface area (Å²) >= 11 is 6.88. The van der Waals surface area contributed by atoms with Crippen LogP contribution in [0.25, 0.3) is 31.9 Å². The van der Waals surface area contributed by atoms with E-state index in [1.807, 2.05) is 23.5 Å². The van der Waals surface area contributed by atoms with Crippen LogP contribution in [0.1, 0.15) is 0 Å². The van der Waals surface area contributed by atoms with Crippen molar-refractivity contribution in [1.82, 2.24) is 0 Å². The minimum Gasteiger partial charge on any atom is -0.454 e. The van der Waals surface area contributed by atoms with Gasteiger partial charge in [0.2, 0.25) is 0 Å². The molecular formula is C19H17BrO2S2Si. The summed E-state index contributed by atoms with van der Waals surface area (Å²) in [6.45, 7) is 7.11. The van der Waals surface area contributed by atoms with Gasteiger partial charge in [-0.2, -0.15) is 0 Å². The minimum atomic E-state index is -1.27. The number of furan rings is 2. The molecule has 0 saturated carbocycles. The molecule has 2 nitrogen and oxygen atoms in total. The molecule has 6 heteroatoms. The van der Waals surface area contributed by atoms with Gasteiger partial charge in [0.05, 0.1) is 22.7 Å². The second-order valence-corrected chi connectivity index (χ2v) is 15.2. The first-order chi connectivity index (χ1) is 11.9. The molecule has 0 aliphatic rings. The second-order valence-electron chi connectivity index (χ2n) is 6.85. The van der Waals surface area contributed by atoms with Crippen molar-refractivity contribution in [2.75, 3.05) is 0 Å². The van der Waals surface area contributed by atoms with Crippen molar-refractivity contribution in [2.45, 2.75) is 19.6 Å². The average Bonchev–Trinajstić information content (AvgIpc) is 3.31. The van der Waals surface area contributed by atoms with E-state index < -0.39 is 8.07 Å². The van der Waals surface area contributed by atoms with Crippen LogP contribution in [-0.4, -0.2) is 8.07 Å². The molecule has 0 amide bonds. The number of hydrogen-bond donors (Lipinski definition) is 0. The predicted molar refractivity (Wildman–Crippen MR) is 114 cm³/mol. The lowest BCUT2D eigenvalue weighted by molar-refractivity contribution is 0.557. The molecule has 0 atom stereocenters. The number of halogens is 1. The highest BCUT2D eigenvalue weighted by Crippen LogP contribution is 2.38. The van der Waals surface area contributed by atoms with Crippen LogP contribution >= 0.6 is 38.6 Å². The van der Waals surface area contributed by atoms with E-state index >= 15 is 0 Å². The third-order valence-corrected chi connectivity index (χ3v) is 10.1. The Morgan fingerprint density at radius 3 is 1.72 bits per heavy atom. The van der Waals surface area contributed by atoms with Crippen molar-refractivity contribution < 1.29 is 8.83 Å². The molecule has 128 valence electrons. The lowest BCUT2D eigenvalue weighted by atomic mass is 10.3. The maximum absolute atomic E-state index is 6.13. The van der Waals surface area contributed by atoms with E-state index in [9.17, 15) is 0 Å². The minimum absolute atomic E-state index is 0.744. The fourth-order valence-corrected chi connectivity index (χ4v) is 6.62. The van der Waals surface area contributed by atoms with Gasteiger partial charge in [-0.1, -0.05) is 25.7 Å². The topological polar surface area (TPSA) is 26.3 Å². The molecule has 0 aliphatic heterocycles. The molecule has 0 aromatic carbocycles. The number of hydrogen-bond acceptors (Lipinski definition) is 4. The highest BCUT2D eigenvalue weighted by Gasteiger charge is 2.20. The molecule has 0 bridgehead atoms. The highest BCUT2D eigenvalue weighted by molar-refractivity contribution is 9.10. The molecular weight excluding hydrogens is 432 g/mol. The van der Waals surface area contributed by atoms with Crippen LogP contribution in [-0.2, 0) is 0 Å². The van der Waals surface area contributed by atoms with Crippen LogP contribution < -0.4 is 4.50 Å². The van der Waals surface area contributed by atoms with Crippen molar-refractivity contribution in [2.24, 2.45) is 0 Å². The normalized spacial score (nSPS) is 12.0. The average molecular weight is 449 g/mol. The molecule has 4 heterocycles. The lowest BCUT2D eigenvalue weighted by Crippen LogP contribution is -2.34. The second kappa shape index (κ2) is 6.43. The van der Waals surface area contributed by atoms with Crippen molar-refractivity contribution in [3.63, 3.8) is 0 Å². The summed E-state index contributed by atoms with van der Waals surface area (Å²) in [5.74, 6) is 2.72. The van der Waals surface area contributed by atoms with Crippen molar-refractivity contribution in [3.8, 4) is 31.9 Å². The Kier molecular flexibility index (Phi) is 4.39. The van der Waals surface area contributed by atoms with Crippen LogP contribution in [0.15, 0.2) is 62.0 Å². The molecule has 4 aromatic rings. The molecule has 0 radical (unpaired) electrons. The van der Waals surface area contributed by atoms with Gasteiger partial charge in [-0.05, 0) is 62.9 Å². The van der Waals surface area contributed by atoms with E-state index in [0.717, 1.165) is 31.7 Å².